The maximum Gasteiger partial charge on any atom is 0.249 e. The maximum atomic E-state index is 12.5. The first kappa shape index (κ1) is 13.9. The number of tetrazole rings is 1. The third-order valence-corrected chi connectivity index (χ3v) is 3.19. The second-order valence-corrected chi connectivity index (χ2v) is 4.66. The second-order valence-electron chi connectivity index (χ2n) is 4.66. The van der Waals surface area contributed by atoms with E-state index in [4.69, 9.17) is 0 Å². The third kappa shape index (κ3) is 3.17. The molecule has 0 aliphatic rings. The molecule has 0 spiro atoms. The average molecular weight is 297 g/mol. The predicted molar refractivity (Wildman–Crippen MR) is 77.6 cm³/mol. The van der Waals surface area contributed by atoms with E-state index in [9.17, 15) is 4.79 Å². The number of aromatic nitrogens is 6. The van der Waals surface area contributed by atoms with Gasteiger partial charge >= 0.3 is 0 Å². The molecule has 8 nitrogen and oxygen atoms in total. The Morgan fingerprint density at radius 3 is 2.77 bits per heavy atom. The molecule has 0 fully saturated rings. The molecule has 0 bridgehead atoms. The fraction of sp³-hybridized carbons (Fsp3) is 0.214. The Balaban J connectivity index is 1.70. The Labute approximate surface area is 126 Å². The molecule has 1 amide bonds. The van der Waals surface area contributed by atoms with Crippen LogP contribution in [0.4, 0.5) is 0 Å². The van der Waals surface area contributed by atoms with Crippen molar-refractivity contribution in [3.05, 3.63) is 60.7 Å². The van der Waals surface area contributed by atoms with E-state index in [0.29, 0.717) is 13.1 Å². The molecule has 1 N–H and O–H groups in total. The molecule has 0 saturated carbocycles. The van der Waals surface area contributed by atoms with E-state index >= 15 is 0 Å². The summed E-state index contributed by atoms with van der Waals surface area (Å²) in [6.07, 6.45) is 4.99. The molecular formula is C14H15N7O. The highest BCUT2D eigenvalue weighted by atomic mass is 16.2. The van der Waals surface area contributed by atoms with Crippen LogP contribution in [-0.2, 0) is 11.3 Å². The molecule has 2 aromatic heterocycles. The van der Waals surface area contributed by atoms with Gasteiger partial charge in [-0.25, -0.2) is 4.68 Å². The van der Waals surface area contributed by atoms with Crippen molar-refractivity contribution >= 4 is 5.91 Å². The molecule has 0 aliphatic carbocycles. The minimum Gasteiger partial charge on any atom is -0.352 e. The zero-order valence-corrected chi connectivity index (χ0v) is 11.8. The smallest absolute Gasteiger partial charge is 0.249 e. The lowest BCUT2D eigenvalue weighted by molar-refractivity contribution is -0.123. The van der Waals surface area contributed by atoms with Crippen LogP contribution in [-0.4, -0.2) is 42.4 Å². The van der Waals surface area contributed by atoms with Crippen molar-refractivity contribution in [2.24, 2.45) is 0 Å². The molecule has 3 rings (SSSR count). The van der Waals surface area contributed by atoms with Crippen LogP contribution in [0.1, 0.15) is 11.6 Å². The van der Waals surface area contributed by atoms with E-state index in [1.54, 1.807) is 10.9 Å². The van der Waals surface area contributed by atoms with Gasteiger partial charge in [0.05, 0.1) is 6.54 Å². The number of hydrogen-bond donors (Lipinski definition) is 1. The van der Waals surface area contributed by atoms with E-state index in [1.165, 1.54) is 11.0 Å². The van der Waals surface area contributed by atoms with Gasteiger partial charge in [0, 0.05) is 18.9 Å². The van der Waals surface area contributed by atoms with E-state index in [0.717, 1.165) is 5.56 Å². The summed E-state index contributed by atoms with van der Waals surface area (Å²) in [5.74, 6) is -0.161. The largest absolute Gasteiger partial charge is 0.352 e. The van der Waals surface area contributed by atoms with Crippen molar-refractivity contribution in [3.8, 4) is 0 Å². The normalized spacial score (nSPS) is 12.0. The molecule has 3 aromatic rings. The predicted octanol–water partition coefficient (Wildman–Crippen LogP) is 0.275. The van der Waals surface area contributed by atoms with Crippen LogP contribution in [0.15, 0.2) is 55.1 Å². The Bertz CT molecular complexity index is 694. The summed E-state index contributed by atoms with van der Waals surface area (Å²) in [5, 5.41) is 18.1. The van der Waals surface area contributed by atoms with Gasteiger partial charge in [0.25, 0.3) is 0 Å². The van der Waals surface area contributed by atoms with Gasteiger partial charge in [-0.3, -0.25) is 9.48 Å². The van der Waals surface area contributed by atoms with Crippen LogP contribution in [0.5, 0.6) is 0 Å². The highest BCUT2D eigenvalue weighted by Gasteiger charge is 2.23. The minimum absolute atomic E-state index is 0.161. The van der Waals surface area contributed by atoms with E-state index in [2.05, 4.69) is 25.9 Å². The van der Waals surface area contributed by atoms with Gasteiger partial charge in [0.1, 0.15) is 6.33 Å². The summed E-state index contributed by atoms with van der Waals surface area (Å²) in [4.78, 5) is 12.5. The van der Waals surface area contributed by atoms with Crippen molar-refractivity contribution in [1.29, 1.82) is 0 Å². The zero-order valence-electron chi connectivity index (χ0n) is 11.8. The summed E-state index contributed by atoms with van der Waals surface area (Å²) >= 11 is 0. The number of nitrogens with zero attached hydrogens (tertiary/aromatic N) is 6. The zero-order chi connectivity index (χ0) is 15.2. The topological polar surface area (TPSA) is 90.5 Å². The Morgan fingerprint density at radius 2 is 2.09 bits per heavy atom. The molecule has 22 heavy (non-hydrogen) atoms. The monoisotopic (exact) mass is 297 g/mol. The van der Waals surface area contributed by atoms with Crippen LogP contribution >= 0.6 is 0 Å². The Kier molecular flexibility index (Phi) is 4.19. The van der Waals surface area contributed by atoms with Gasteiger partial charge in [0.15, 0.2) is 6.04 Å². The quantitative estimate of drug-likeness (QED) is 0.705. The van der Waals surface area contributed by atoms with E-state index in [1.807, 2.05) is 42.6 Å². The number of hydrogen-bond acceptors (Lipinski definition) is 5. The lowest BCUT2D eigenvalue weighted by Crippen LogP contribution is -2.35. The van der Waals surface area contributed by atoms with E-state index in [-0.39, 0.29) is 5.91 Å². The summed E-state index contributed by atoms with van der Waals surface area (Å²) in [5.41, 5.74) is 0.825. The van der Waals surface area contributed by atoms with Crippen LogP contribution < -0.4 is 5.32 Å². The van der Waals surface area contributed by atoms with Gasteiger partial charge in [-0.1, -0.05) is 30.3 Å². The van der Waals surface area contributed by atoms with Crippen molar-refractivity contribution in [2.75, 3.05) is 6.54 Å². The highest BCUT2D eigenvalue weighted by molar-refractivity contribution is 5.83. The van der Waals surface area contributed by atoms with Crippen molar-refractivity contribution in [1.82, 2.24) is 35.3 Å². The van der Waals surface area contributed by atoms with Gasteiger partial charge in [-0.15, -0.1) is 5.10 Å². The Morgan fingerprint density at radius 1 is 1.23 bits per heavy atom. The standard InChI is InChI=1S/C14H15N7O/c22-14(15-8-10-20-9-4-7-17-20)13(21-11-16-18-19-21)12-5-2-1-3-6-12/h1-7,9,11,13H,8,10H2,(H,15,22)/t13-/m1/s1. The fourth-order valence-electron chi connectivity index (χ4n) is 2.17. The van der Waals surface area contributed by atoms with Crippen molar-refractivity contribution in [3.63, 3.8) is 0 Å². The number of amides is 1. The second kappa shape index (κ2) is 6.61. The molecule has 8 heteroatoms. The summed E-state index contributed by atoms with van der Waals surface area (Å²) in [6, 6.07) is 10.7. The molecular weight excluding hydrogens is 282 g/mol. The molecule has 0 radical (unpaired) electrons. The lowest BCUT2D eigenvalue weighted by atomic mass is 10.1. The summed E-state index contributed by atoms with van der Waals surface area (Å²) in [7, 11) is 0. The fourth-order valence-corrected chi connectivity index (χ4v) is 2.17. The SMILES string of the molecule is O=C(NCCn1cccn1)[C@@H](c1ccccc1)n1cnnn1. The third-order valence-electron chi connectivity index (χ3n) is 3.19. The number of carbonyl (C=O) groups excluding carboxylic acids is 1. The van der Waals surface area contributed by atoms with Crippen LogP contribution in [0, 0.1) is 0 Å². The van der Waals surface area contributed by atoms with Crippen molar-refractivity contribution < 1.29 is 4.79 Å². The maximum absolute atomic E-state index is 12.5. The number of carbonyl (C=O) groups is 1. The Hall–Kier alpha value is -3.03. The molecule has 1 atom stereocenters. The molecule has 0 saturated heterocycles. The van der Waals surface area contributed by atoms with Gasteiger partial charge in [-0.2, -0.15) is 5.10 Å². The molecule has 2 heterocycles. The number of benzene rings is 1. The molecule has 0 aliphatic heterocycles. The molecule has 1 aromatic carbocycles. The number of nitrogens with one attached hydrogen (secondary N) is 1. The first-order valence-electron chi connectivity index (χ1n) is 6.87. The average Bonchev–Trinajstić information content (AvgIpc) is 3.22. The van der Waals surface area contributed by atoms with Gasteiger partial charge < -0.3 is 5.32 Å². The number of rotatable bonds is 6. The lowest BCUT2D eigenvalue weighted by Gasteiger charge is -2.16. The van der Waals surface area contributed by atoms with Gasteiger partial charge in [0.2, 0.25) is 5.91 Å². The van der Waals surface area contributed by atoms with Gasteiger partial charge in [-0.05, 0) is 22.1 Å². The van der Waals surface area contributed by atoms with E-state index < -0.39 is 6.04 Å². The molecule has 0 unspecified atom stereocenters. The summed E-state index contributed by atoms with van der Waals surface area (Å²) < 4.78 is 3.20. The van der Waals surface area contributed by atoms with Crippen LogP contribution in [0.2, 0.25) is 0 Å². The molecule has 112 valence electrons. The first-order chi connectivity index (χ1) is 10.8. The summed E-state index contributed by atoms with van der Waals surface area (Å²) in [6.45, 7) is 1.09. The van der Waals surface area contributed by atoms with Crippen LogP contribution in [0.25, 0.3) is 0 Å². The van der Waals surface area contributed by atoms with Crippen molar-refractivity contribution in [2.45, 2.75) is 12.6 Å². The highest BCUT2D eigenvalue weighted by Crippen LogP contribution is 2.16. The minimum atomic E-state index is -0.589. The first-order valence-corrected chi connectivity index (χ1v) is 6.87. The van der Waals surface area contributed by atoms with Crippen LogP contribution in [0.3, 0.4) is 0 Å².